The molecule has 1 saturated heterocycles. The highest BCUT2D eigenvalue weighted by molar-refractivity contribution is 5.99. The average molecular weight is 327 g/mol. The Kier molecular flexibility index (Phi) is 4.60. The summed E-state index contributed by atoms with van der Waals surface area (Å²) in [6, 6.07) is 13.7. The van der Waals surface area contributed by atoms with Crippen LogP contribution >= 0.6 is 0 Å². The molecule has 0 aromatic heterocycles. The molecule has 0 bridgehead atoms. The Morgan fingerprint density at radius 2 is 1.92 bits per heavy atom. The first-order chi connectivity index (χ1) is 11.5. The minimum atomic E-state index is -0.523. The number of nitrogens with zero attached hydrogens (tertiary/aromatic N) is 1. The first kappa shape index (κ1) is 16.2. The number of carbonyl (C=O) groups excluding carboxylic acids is 2. The third-order valence-corrected chi connectivity index (χ3v) is 4.13. The smallest absolute Gasteiger partial charge is 0.311 e. The molecule has 4 nitrogen and oxygen atoms in total. The van der Waals surface area contributed by atoms with Crippen LogP contribution in [0.4, 0.5) is 10.1 Å². The van der Waals surface area contributed by atoms with Crippen molar-refractivity contribution in [3.8, 4) is 0 Å². The molecule has 0 saturated carbocycles. The van der Waals surface area contributed by atoms with Gasteiger partial charge < -0.3 is 9.64 Å². The molecule has 1 atom stereocenters. The molecule has 124 valence electrons. The third kappa shape index (κ3) is 3.45. The summed E-state index contributed by atoms with van der Waals surface area (Å²) in [7, 11) is 0. The van der Waals surface area contributed by atoms with Crippen molar-refractivity contribution in [2.24, 2.45) is 5.92 Å². The van der Waals surface area contributed by atoms with E-state index in [1.807, 2.05) is 31.2 Å². The second kappa shape index (κ2) is 6.83. The highest BCUT2D eigenvalue weighted by Crippen LogP contribution is 2.26. The van der Waals surface area contributed by atoms with Gasteiger partial charge in [0.15, 0.2) is 0 Å². The standard InChI is InChI=1S/C19H18FNO3/c1-13-6-8-16(9-7-13)21-11-15(10-18(21)22)19(23)24-12-14-4-2-3-5-17(14)20/h2-9,15H,10-12H2,1H3/t15-/m1/s1. The number of carbonyl (C=O) groups is 2. The molecule has 5 heteroatoms. The molecule has 1 fully saturated rings. The van der Waals surface area contributed by atoms with Gasteiger partial charge in [-0.3, -0.25) is 9.59 Å². The van der Waals surface area contributed by atoms with Crippen molar-refractivity contribution >= 4 is 17.6 Å². The largest absolute Gasteiger partial charge is 0.460 e. The highest BCUT2D eigenvalue weighted by Gasteiger charge is 2.36. The number of halogens is 1. The van der Waals surface area contributed by atoms with Crippen molar-refractivity contribution < 1.29 is 18.7 Å². The molecular weight excluding hydrogens is 309 g/mol. The molecule has 1 aliphatic rings. The summed E-state index contributed by atoms with van der Waals surface area (Å²) in [5, 5.41) is 0. The SMILES string of the molecule is Cc1ccc(N2C[C@H](C(=O)OCc3ccccc3F)CC2=O)cc1. The lowest BCUT2D eigenvalue weighted by atomic mass is 10.1. The fraction of sp³-hybridized carbons (Fsp3) is 0.263. The van der Waals surface area contributed by atoms with E-state index in [2.05, 4.69) is 0 Å². The van der Waals surface area contributed by atoms with Crippen molar-refractivity contribution in [3.05, 3.63) is 65.5 Å². The van der Waals surface area contributed by atoms with Crippen LogP contribution in [0.1, 0.15) is 17.5 Å². The summed E-state index contributed by atoms with van der Waals surface area (Å²) in [5.74, 6) is -1.51. The summed E-state index contributed by atoms with van der Waals surface area (Å²) in [4.78, 5) is 25.9. The molecule has 1 amide bonds. The molecule has 1 aliphatic heterocycles. The highest BCUT2D eigenvalue weighted by atomic mass is 19.1. The molecule has 0 aliphatic carbocycles. The van der Waals surface area contributed by atoms with Gasteiger partial charge in [0.2, 0.25) is 5.91 Å². The maximum Gasteiger partial charge on any atom is 0.311 e. The van der Waals surface area contributed by atoms with Crippen molar-refractivity contribution in [3.63, 3.8) is 0 Å². The lowest BCUT2D eigenvalue weighted by Crippen LogP contribution is -2.26. The van der Waals surface area contributed by atoms with Gasteiger partial charge >= 0.3 is 5.97 Å². The van der Waals surface area contributed by atoms with E-state index < -0.39 is 17.7 Å². The van der Waals surface area contributed by atoms with Crippen LogP contribution in [-0.4, -0.2) is 18.4 Å². The van der Waals surface area contributed by atoms with Gasteiger partial charge in [0.05, 0.1) is 5.92 Å². The molecular formula is C19H18FNO3. The van der Waals surface area contributed by atoms with E-state index in [1.54, 1.807) is 23.1 Å². The van der Waals surface area contributed by atoms with Gasteiger partial charge in [0, 0.05) is 24.2 Å². The number of hydrogen-bond donors (Lipinski definition) is 0. The first-order valence-corrected chi connectivity index (χ1v) is 7.81. The molecule has 3 rings (SSSR count). The second-order valence-electron chi connectivity index (χ2n) is 5.94. The number of ether oxygens (including phenoxy) is 1. The van der Waals surface area contributed by atoms with Gasteiger partial charge in [-0.05, 0) is 25.1 Å². The van der Waals surface area contributed by atoms with Crippen LogP contribution < -0.4 is 4.90 Å². The van der Waals surface area contributed by atoms with Crippen LogP contribution in [0.5, 0.6) is 0 Å². The Morgan fingerprint density at radius 1 is 1.21 bits per heavy atom. The van der Waals surface area contributed by atoms with E-state index in [9.17, 15) is 14.0 Å². The fourth-order valence-corrected chi connectivity index (χ4v) is 2.72. The predicted octanol–water partition coefficient (Wildman–Crippen LogP) is 3.23. The predicted molar refractivity (Wildman–Crippen MR) is 87.8 cm³/mol. The van der Waals surface area contributed by atoms with E-state index >= 15 is 0 Å². The van der Waals surface area contributed by atoms with Crippen molar-refractivity contribution in [1.29, 1.82) is 0 Å². The number of esters is 1. The minimum absolute atomic E-state index is 0.105. The van der Waals surface area contributed by atoms with Gasteiger partial charge in [-0.1, -0.05) is 35.9 Å². The number of aryl methyl sites for hydroxylation is 1. The van der Waals surface area contributed by atoms with Crippen molar-refractivity contribution in [2.45, 2.75) is 20.0 Å². The Balaban J connectivity index is 1.62. The Morgan fingerprint density at radius 3 is 2.62 bits per heavy atom. The van der Waals surface area contributed by atoms with Gasteiger partial charge in [0.1, 0.15) is 12.4 Å². The molecule has 2 aromatic carbocycles. The summed E-state index contributed by atoms with van der Waals surface area (Å²) in [6.45, 7) is 2.14. The van der Waals surface area contributed by atoms with Crippen LogP contribution in [0, 0.1) is 18.7 Å². The van der Waals surface area contributed by atoms with E-state index in [1.165, 1.54) is 6.07 Å². The van der Waals surface area contributed by atoms with E-state index in [0.29, 0.717) is 5.56 Å². The average Bonchev–Trinajstić information content (AvgIpc) is 2.96. The summed E-state index contributed by atoms with van der Waals surface area (Å²) in [5.41, 5.74) is 2.20. The van der Waals surface area contributed by atoms with E-state index in [4.69, 9.17) is 4.74 Å². The number of amides is 1. The molecule has 1 heterocycles. The fourth-order valence-electron chi connectivity index (χ4n) is 2.72. The normalized spacial score (nSPS) is 17.2. The Labute approximate surface area is 139 Å². The van der Waals surface area contributed by atoms with E-state index in [0.717, 1.165) is 11.3 Å². The zero-order valence-electron chi connectivity index (χ0n) is 13.4. The molecule has 0 radical (unpaired) electrons. The number of hydrogen-bond acceptors (Lipinski definition) is 3. The van der Waals surface area contributed by atoms with Crippen LogP contribution in [0.25, 0.3) is 0 Å². The topological polar surface area (TPSA) is 46.6 Å². The summed E-state index contributed by atoms with van der Waals surface area (Å²) in [6.07, 6.45) is 0.115. The number of anilines is 1. The summed E-state index contributed by atoms with van der Waals surface area (Å²) >= 11 is 0. The Bertz CT molecular complexity index is 757. The molecule has 0 spiro atoms. The molecule has 2 aromatic rings. The van der Waals surface area contributed by atoms with Crippen molar-refractivity contribution in [1.82, 2.24) is 0 Å². The maximum atomic E-state index is 13.5. The molecule has 24 heavy (non-hydrogen) atoms. The van der Waals surface area contributed by atoms with Crippen LogP contribution in [0.3, 0.4) is 0 Å². The maximum absolute atomic E-state index is 13.5. The number of rotatable bonds is 4. The van der Waals surface area contributed by atoms with Gasteiger partial charge in [-0.25, -0.2) is 4.39 Å². The zero-order valence-corrected chi connectivity index (χ0v) is 13.4. The van der Waals surface area contributed by atoms with Crippen LogP contribution in [-0.2, 0) is 20.9 Å². The quantitative estimate of drug-likeness (QED) is 0.810. The molecule has 0 unspecified atom stereocenters. The monoisotopic (exact) mass is 327 g/mol. The van der Waals surface area contributed by atoms with Crippen LogP contribution in [0.2, 0.25) is 0 Å². The molecule has 0 N–H and O–H groups in total. The van der Waals surface area contributed by atoms with Crippen LogP contribution in [0.15, 0.2) is 48.5 Å². The zero-order chi connectivity index (χ0) is 17.1. The van der Waals surface area contributed by atoms with Gasteiger partial charge in [-0.2, -0.15) is 0 Å². The Hall–Kier alpha value is -2.69. The summed E-state index contributed by atoms with van der Waals surface area (Å²) < 4.78 is 18.7. The van der Waals surface area contributed by atoms with Gasteiger partial charge in [-0.15, -0.1) is 0 Å². The number of benzene rings is 2. The second-order valence-corrected chi connectivity index (χ2v) is 5.94. The lowest BCUT2D eigenvalue weighted by Gasteiger charge is -2.16. The van der Waals surface area contributed by atoms with E-state index in [-0.39, 0.29) is 25.5 Å². The lowest BCUT2D eigenvalue weighted by molar-refractivity contribution is -0.149. The van der Waals surface area contributed by atoms with Gasteiger partial charge in [0.25, 0.3) is 0 Å². The minimum Gasteiger partial charge on any atom is -0.460 e. The third-order valence-electron chi connectivity index (χ3n) is 4.13. The first-order valence-electron chi connectivity index (χ1n) is 7.81. The van der Waals surface area contributed by atoms with Crippen molar-refractivity contribution in [2.75, 3.05) is 11.4 Å².